The lowest BCUT2D eigenvalue weighted by Gasteiger charge is -2.12. The van der Waals surface area contributed by atoms with Gasteiger partial charge in [-0.25, -0.2) is 4.79 Å². The summed E-state index contributed by atoms with van der Waals surface area (Å²) in [5, 5.41) is 15.0. The van der Waals surface area contributed by atoms with Gasteiger partial charge in [-0.2, -0.15) is 0 Å². The highest BCUT2D eigenvalue weighted by atomic mass is 32.2. The molecule has 10 heteroatoms. The maximum absolute atomic E-state index is 12.6. The second kappa shape index (κ2) is 10.2. The van der Waals surface area contributed by atoms with Crippen LogP contribution in [0.25, 0.3) is 11.4 Å². The molecule has 0 bridgehead atoms. The SMILES string of the molecule is CCOC(=O)c1cc(CC)sc1NC(=O)CSc1nnc(-c2csc3c2CCCC3)n1C. The lowest BCUT2D eigenvalue weighted by atomic mass is 9.96. The zero-order valence-corrected chi connectivity index (χ0v) is 20.8. The first kappa shape index (κ1) is 23.0. The van der Waals surface area contributed by atoms with Crippen molar-refractivity contribution in [1.82, 2.24) is 14.8 Å². The van der Waals surface area contributed by atoms with E-state index in [4.69, 9.17) is 4.74 Å². The van der Waals surface area contributed by atoms with Crippen LogP contribution in [0.1, 0.15) is 52.4 Å². The van der Waals surface area contributed by atoms with Crippen molar-refractivity contribution in [2.45, 2.75) is 51.1 Å². The molecular weight excluding hydrogens is 464 g/mol. The number of esters is 1. The number of thiophene rings is 2. The van der Waals surface area contributed by atoms with Crippen LogP contribution in [-0.2, 0) is 35.8 Å². The number of hydrogen-bond donors (Lipinski definition) is 1. The lowest BCUT2D eigenvalue weighted by molar-refractivity contribution is -0.113. The van der Waals surface area contributed by atoms with E-state index >= 15 is 0 Å². The number of aromatic nitrogens is 3. The van der Waals surface area contributed by atoms with E-state index in [1.807, 2.05) is 18.5 Å². The molecule has 1 aliphatic carbocycles. The van der Waals surface area contributed by atoms with Crippen molar-refractivity contribution in [2.24, 2.45) is 7.05 Å². The second-order valence-corrected chi connectivity index (χ2v) is 10.5. The third-order valence-corrected chi connectivity index (χ3v) is 8.65. The Kier molecular flexibility index (Phi) is 7.32. The number of carbonyl (C=O) groups excluding carboxylic acids is 2. The predicted octanol–water partition coefficient (Wildman–Crippen LogP) is 4.95. The second-order valence-electron chi connectivity index (χ2n) is 7.49. The first-order valence-electron chi connectivity index (χ1n) is 10.7. The van der Waals surface area contributed by atoms with Crippen LogP contribution in [0.3, 0.4) is 0 Å². The lowest BCUT2D eigenvalue weighted by Crippen LogP contribution is -2.16. The predicted molar refractivity (Wildman–Crippen MR) is 130 cm³/mol. The maximum atomic E-state index is 12.6. The molecule has 4 rings (SSSR count). The van der Waals surface area contributed by atoms with Gasteiger partial charge in [0.15, 0.2) is 11.0 Å². The first-order chi connectivity index (χ1) is 15.5. The average Bonchev–Trinajstić information content (AvgIpc) is 3.49. The molecule has 0 saturated carbocycles. The van der Waals surface area contributed by atoms with E-state index < -0.39 is 5.97 Å². The minimum absolute atomic E-state index is 0.176. The molecule has 32 heavy (non-hydrogen) atoms. The molecule has 0 saturated heterocycles. The Bertz CT molecular complexity index is 1130. The van der Waals surface area contributed by atoms with Crippen molar-refractivity contribution >= 4 is 51.3 Å². The number of anilines is 1. The topological polar surface area (TPSA) is 86.1 Å². The molecule has 0 spiro atoms. The third kappa shape index (κ3) is 4.77. The first-order valence-corrected chi connectivity index (χ1v) is 13.4. The Labute approximate surface area is 199 Å². The van der Waals surface area contributed by atoms with E-state index in [1.165, 1.54) is 51.9 Å². The molecule has 3 aromatic rings. The monoisotopic (exact) mass is 490 g/mol. The van der Waals surface area contributed by atoms with Gasteiger partial charge in [0.1, 0.15) is 5.00 Å². The summed E-state index contributed by atoms with van der Waals surface area (Å²) in [5.41, 5.74) is 2.98. The highest BCUT2D eigenvalue weighted by Crippen LogP contribution is 2.36. The van der Waals surface area contributed by atoms with Crippen LogP contribution >= 0.6 is 34.4 Å². The highest BCUT2D eigenvalue weighted by Gasteiger charge is 2.22. The largest absolute Gasteiger partial charge is 0.462 e. The molecule has 1 amide bonds. The van der Waals surface area contributed by atoms with Crippen LogP contribution in [0.2, 0.25) is 0 Å². The number of amides is 1. The molecular formula is C22H26N4O3S3. The van der Waals surface area contributed by atoms with E-state index in [0.717, 1.165) is 30.0 Å². The Morgan fingerprint density at radius 1 is 1.25 bits per heavy atom. The summed E-state index contributed by atoms with van der Waals surface area (Å²) in [6, 6.07) is 1.79. The summed E-state index contributed by atoms with van der Waals surface area (Å²) in [7, 11) is 1.94. The van der Waals surface area contributed by atoms with Crippen molar-refractivity contribution in [1.29, 1.82) is 0 Å². The minimum atomic E-state index is -0.413. The van der Waals surface area contributed by atoms with Crippen LogP contribution in [0.4, 0.5) is 5.00 Å². The van der Waals surface area contributed by atoms with Crippen molar-refractivity contribution in [3.05, 3.63) is 32.3 Å². The molecule has 0 atom stereocenters. The number of rotatable bonds is 8. The molecule has 3 aromatic heterocycles. The van der Waals surface area contributed by atoms with Gasteiger partial charge in [-0.15, -0.1) is 32.9 Å². The Morgan fingerprint density at radius 3 is 2.84 bits per heavy atom. The molecule has 1 aliphatic rings. The van der Waals surface area contributed by atoms with Gasteiger partial charge in [0.05, 0.1) is 17.9 Å². The van der Waals surface area contributed by atoms with Crippen LogP contribution in [0.5, 0.6) is 0 Å². The van der Waals surface area contributed by atoms with Gasteiger partial charge >= 0.3 is 5.97 Å². The number of hydrogen-bond acceptors (Lipinski definition) is 8. The molecule has 170 valence electrons. The molecule has 0 aliphatic heterocycles. The van der Waals surface area contributed by atoms with Gasteiger partial charge in [0.2, 0.25) is 5.91 Å². The van der Waals surface area contributed by atoms with Crippen molar-refractivity contribution < 1.29 is 14.3 Å². The number of nitrogens with zero attached hydrogens (tertiary/aromatic N) is 3. The Hall–Kier alpha value is -2.17. The van der Waals surface area contributed by atoms with Gasteiger partial charge in [-0.05, 0) is 50.7 Å². The number of thioether (sulfide) groups is 1. The normalized spacial score (nSPS) is 13.1. The molecule has 0 radical (unpaired) electrons. The van der Waals surface area contributed by atoms with Crippen molar-refractivity contribution in [3.63, 3.8) is 0 Å². The number of fused-ring (bicyclic) bond motifs is 1. The third-order valence-electron chi connectivity index (χ3n) is 5.35. The molecule has 3 heterocycles. The molecule has 0 unspecified atom stereocenters. The van der Waals surface area contributed by atoms with E-state index in [1.54, 1.807) is 24.3 Å². The van der Waals surface area contributed by atoms with Gasteiger partial charge in [0, 0.05) is 27.7 Å². The van der Waals surface area contributed by atoms with Gasteiger partial charge < -0.3 is 14.6 Å². The minimum Gasteiger partial charge on any atom is -0.462 e. The number of nitrogens with one attached hydrogen (secondary N) is 1. The summed E-state index contributed by atoms with van der Waals surface area (Å²) < 4.78 is 7.08. The summed E-state index contributed by atoms with van der Waals surface area (Å²) in [5.74, 6) is 0.420. The fourth-order valence-corrected chi connectivity index (χ4v) is 6.55. The number of ether oxygens (including phenoxy) is 1. The van der Waals surface area contributed by atoms with Gasteiger partial charge in [0.25, 0.3) is 0 Å². The standard InChI is InChI=1S/C22H26N4O3S3/c1-4-13-10-15(21(28)29-5-2)20(32-13)23-18(27)12-31-22-25-24-19(26(22)3)16-11-30-17-9-7-6-8-14(16)17/h10-11H,4-9,12H2,1-3H3,(H,23,27). The molecule has 0 aromatic carbocycles. The van der Waals surface area contributed by atoms with E-state index in [-0.39, 0.29) is 11.7 Å². The molecule has 1 N–H and O–H groups in total. The average molecular weight is 491 g/mol. The summed E-state index contributed by atoms with van der Waals surface area (Å²) in [4.78, 5) is 27.3. The van der Waals surface area contributed by atoms with E-state index in [9.17, 15) is 9.59 Å². The number of aryl methyl sites for hydroxylation is 2. The van der Waals surface area contributed by atoms with Crippen molar-refractivity contribution in [2.75, 3.05) is 17.7 Å². The van der Waals surface area contributed by atoms with E-state index in [2.05, 4.69) is 20.9 Å². The van der Waals surface area contributed by atoms with Gasteiger partial charge in [-0.1, -0.05) is 18.7 Å². The maximum Gasteiger partial charge on any atom is 0.341 e. The van der Waals surface area contributed by atoms with Gasteiger partial charge in [-0.3, -0.25) is 4.79 Å². The summed E-state index contributed by atoms with van der Waals surface area (Å²) in [6.45, 7) is 4.07. The highest BCUT2D eigenvalue weighted by molar-refractivity contribution is 7.99. The quantitative estimate of drug-likeness (QED) is 0.355. The zero-order chi connectivity index (χ0) is 22.7. The summed E-state index contributed by atoms with van der Waals surface area (Å²) >= 11 is 4.55. The van der Waals surface area contributed by atoms with E-state index in [0.29, 0.717) is 22.3 Å². The molecule has 0 fully saturated rings. The van der Waals surface area contributed by atoms with Crippen LogP contribution in [-0.4, -0.2) is 39.0 Å². The fraction of sp³-hybridized carbons (Fsp3) is 0.455. The Balaban J connectivity index is 1.43. The van der Waals surface area contributed by atoms with Crippen LogP contribution in [0.15, 0.2) is 16.6 Å². The number of carbonyl (C=O) groups is 2. The Morgan fingerprint density at radius 2 is 2.06 bits per heavy atom. The molecule has 7 nitrogen and oxygen atoms in total. The summed E-state index contributed by atoms with van der Waals surface area (Å²) in [6.07, 6.45) is 5.50. The zero-order valence-electron chi connectivity index (χ0n) is 18.4. The fourth-order valence-electron chi connectivity index (χ4n) is 3.72. The van der Waals surface area contributed by atoms with Crippen LogP contribution < -0.4 is 5.32 Å². The van der Waals surface area contributed by atoms with Crippen LogP contribution in [0, 0.1) is 0 Å². The van der Waals surface area contributed by atoms with Crippen molar-refractivity contribution in [3.8, 4) is 11.4 Å². The smallest absolute Gasteiger partial charge is 0.341 e.